The van der Waals surface area contributed by atoms with Crippen molar-refractivity contribution in [2.75, 3.05) is 6.61 Å². The standard InChI is InChI=1S/C28H25NO11/c30-16-9-7-14(8-10-16)27(37)29-17-3-1-5-21(17)40-28(38)15-11-19(32)24(20(33)12-15)26(36)25-18(31)4-2-6-22(25)39-13-23(34)35/h2,4,6-12,17,21,30-33H,1,3,5,13H2,(H,29,37)(H,34,35). The van der Waals surface area contributed by atoms with Gasteiger partial charge in [0.25, 0.3) is 5.91 Å². The Morgan fingerprint density at radius 1 is 0.825 bits per heavy atom. The number of aliphatic carboxylic acids is 1. The Morgan fingerprint density at radius 3 is 2.15 bits per heavy atom. The molecular weight excluding hydrogens is 526 g/mol. The van der Waals surface area contributed by atoms with Crippen LogP contribution >= 0.6 is 0 Å². The van der Waals surface area contributed by atoms with Gasteiger partial charge in [0.15, 0.2) is 6.61 Å². The first-order valence-electron chi connectivity index (χ1n) is 12.1. The number of carbonyl (C=O) groups excluding carboxylic acids is 3. The van der Waals surface area contributed by atoms with E-state index in [1.54, 1.807) is 0 Å². The first kappa shape index (κ1) is 27.8. The predicted molar refractivity (Wildman–Crippen MR) is 137 cm³/mol. The maximum atomic E-state index is 13.1. The molecule has 0 aromatic heterocycles. The number of benzene rings is 3. The van der Waals surface area contributed by atoms with E-state index in [1.807, 2.05) is 0 Å². The summed E-state index contributed by atoms with van der Waals surface area (Å²) in [5.41, 5.74) is -1.12. The van der Waals surface area contributed by atoms with Crippen LogP contribution < -0.4 is 10.1 Å². The van der Waals surface area contributed by atoms with E-state index in [1.165, 1.54) is 36.4 Å². The number of phenolic OH excluding ortho intramolecular Hbond substituents is 4. The fraction of sp³-hybridized carbons (Fsp3) is 0.214. The molecular formula is C28H25NO11. The SMILES string of the molecule is O=C(O)COc1cccc(O)c1C(=O)c1c(O)cc(C(=O)OC2CCCC2NC(=O)c2ccc(O)cc2)cc1O. The summed E-state index contributed by atoms with van der Waals surface area (Å²) < 4.78 is 10.6. The lowest BCUT2D eigenvalue weighted by Gasteiger charge is -2.21. The molecule has 2 atom stereocenters. The normalized spacial score (nSPS) is 16.2. The second kappa shape index (κ2) is 11.6. The van der Waals surface area contributed by atoms with Gasteiger partial charge in [-0.15, -0.1) is 0 Å². The van der Waals surface area contributed by atoms with Crippen molar-refractivity contribution in [3.8, 4) is 28.7 Å². The molecule has 40 heavy (non-hydrogen) atoms. The largest absolute Gasteiger partial charge is 0.508 e. The molecule has 6 N–H and O–H groups in total. The molecule has 1 saturated carbocycles. The van der Waals surface area contributed by atoms with E-state index in [0.717, 1.165) is 18.2 Å². The molecule has 0 radical (unpaired) electrons. The van der Waals surface area contributed by atoms with Crippen LogP contribution in [0.5, 0.6) is 28.7 Å². The number of ether oxygens (including phenoxy) is 2. The molecule has 0 saturated heterocycles. The number of nitrogens with one attached hydrogen (secondary N) is 1. The molecule has 1 fully saturated rings. The van der Waals surface area contributed by atoms with Gasteiger partial charge in [0.1, 0.15) is 46.0 Å². The van der Waals surface area contributed by atoms with Crippen LogP contribution in [0.2, 0.25) is 0 Å². The molecule has 1 aliphatic rings. The highest BCUT2D eigenvalue weighted by molar-refractivity contribution is 6.16. The molecule has 4 rings (SSSR count). The van der Waals surface area contributed by atoms with E-state index >= 15 is 0 Å². The van der Waals surface area contributed by atoms with Crippen molar-refractivity contribution >= 4 is 23.6 Å². The van der Waals surface area contributed by atoms with Crippen molar-refractivity contribution in [3.05, 3.63) is 76.9 Å². The third-order valence-electron chi connectivity index (χ3n) is 6.30. The van der Waals surface area contributed by atoms with Crippen LogP contribution in [0.15, 0.2) is 54.6 Å². The first-order valence-corrected chi connectivity index (χ1v) is 12.1. The maximum absolute atomic E-state index is 13.1. The molecule has 1 amide bonds. The number of carboxylic acids is 1. The molecule has 12 heteroatoms. The van der Waals surface area contributed by atoms with Crippen molar-refractivity contribution in [2.45, 2.75) is 31.4 Å². The van der Waals surface area contributed by atoms with Crippen molar-refractivity contribution < 1.29 is 54.2 Å². The molecule has 3 aromatic carbocycles. The zero-order chi connectivity index (χ0) is 29.0. The van der Waals surface area contributed by atoms with E-state index in [0.29, 0.717) is 24.8 Å². The smallest absolute Gasteiger partial charge is 0.341 e. The highest BCUT2D eigenvalue weighted by Crippen LogP contribution is 2.37. The molecule has 1 aliphatic carbocycles. The minimum atomic E-state index is -1.33. The number of aromatic hydroxyl groups is 4. The molecule has 0 aliphatic heterocycles. The van der Waals surface area contributed by atoms with Crippen LogP contribution in [0.1, 0.15) is 55.9 Å². The average molecular weight is 552 g/mol. The number of carbonyl (C=O) groups is 4. The van der Waals surface area contributed by atoms with Crippen molar-refractivity contribution in [3.63, 3.8) is 0 Å². The zero-order valence-corrected chi connectivity index (χ0v) is 20.9. The minimum absolute atomic E-state index is 0.0102. The lowest BCUT2D eigenvalue weighted by molar-refractivity contribution is -0.139. The number of hydrogen-bond donors (Lipinski definition) is 6. The predicted octanol–water partition coefficient (Wildman–Crippen LogP) is 2.71. The summed E-state index contributed by atoms with van der Waals surface area (Å²) in [6.07, 6.45) is 0.954. The first-order chi connectivity index (χ1) is 19.0. The van der Waals surface area contributed by atoms with Gasteiger partial charge in [-0.25, -0.2) is 9.59 Å². The average Bonchev–Trinajstić information content (AvgIpc) is 3.33. The molecule has 0 heterocycles. The van der Waals surface area contributed by atoms with Crippen LogP contribution in [-0.2, 0) is 9.53 Å². The van der Waals surface area contributed by atoms with Gasteiger partial charge in [0.2, 0.25) is 5.78 Å². The lowest BCUT2D eigenvalue weighted by Crippen LogP contribution is -2.41. The summed E-state index contributed by atoms with van der Waals surface area (Å²) in [5, 5.41) is 52.4. The van der Waals surface area contributed by atoms with Crippen molar-refractivity contribution in [1.29, 1.82) is 0 Å². The second-order valence-electron chi connectivity index (χ2n) is 9.05. The van der Waals surface area contributed by atoms with Gasteiger partial charge in [-0.2, -0.15) is 0 Å². The number of phenols is 4. The lowest BCUT2D eigenvalue weighted by atomic mass is 9.98. The highest BCUT2D eigenvalue weighted by atomic mass is 16.5. The van der Waals surface area contributed by atoms with Gasteiger partial charge in [-0.1, -0.05) is 6.07 Å². The minimum Gasteiger partial charge on any atom is -0.508 e. The van der Waals surface area contributed by atoms with Crippen LogP contribution in [0.4, 0.5) is 0 Å². The number of carboxylic acid groups (broad SMARTS) is 1. The molecule has 12 nitrogen and oxygen atoms in total. The molecule has 3 aromatic rings. The summed E-state index contributed by atoms with van der Waals surface area (Å²) >= 11 is 0. The van der Waals surface area contributed by atoms with Crippen LogP contribution in [0, 0.1) is 0 Å². The van der Waals surface area contributed by atoms with E-state index in [-0.39, 0.29) is 17.1 Å². The van der Waals surface area contributed by atoms with E-state index in [2.05, 4.69) is 5.32 Å². The number of amides is 1. The molecule has 0 spiro atoms. The van der Waals surface area contributed by atoms with Crippen molar-refractivity contribution in [1.82, 2.24) is 5.32 Å². The van der Waals surface area contributed by atoms with Crippen LogP contribution in [-0.4, -0.2) is 67.9 Å². The Hall–Kier alpha value is -5.26. The number of rotatable bonds is 9. The number of esters is 1. The third-order valence-corrected chi connectivity index (χ3v) is 6.30. The Bertz CT molecular complexity index is 1440. The van der Waals surface area contributed by atoms with Gasteiger partial charge in [-0.3, -0.25) is 9.59 Å². The fourth-order valence-electron chi connectivity index (χ4n) is 4.40. The van der Waals surface area contributed by atoms with Gasteiger partial charge in [0, 0.05) is 5.56 Å². The molecule has 2 unspecified atom stereocenters. The highest BCUT2D eigenvalue weighted by Gasteiger charge is 2.33. The quantitative estimate of drug-likeness (QED) is 0.169. The van der Waals surface area contributed by atoms with Crippen molar-refractivity contribution in [2.24, 2.45) is 0 Å². The molecule has 208 valence electrons. The van der Waals surface area contributed by atoms with Crippen LogP contribution in [0.25, 0.3) is 0 Å². The Kier molecular flexibility index (Phi) is 8.08. The van der Waals surface area contributed by atoms with Gasteiger partial charge < -0.3 is 40.3 Å². The topological polar surface area (TPSA) is 200 Å². The number of ketones is 1. The summed E-state index contributed by atoms with van der Waals surface area (Å²) in [5.74, 6) is -6.22. The monoisotopic (exact) mass is 551 g/mol. The Balaban J connectivity index is 1.50. The van der Waals surface area contributed by atoms with E-state index in [9.17, 15) is 39.6 Å². The maximum Gasteiger partial charge on any atom is 0.341 e. The number of hydrogen-bond acceptors (Lipinski definition) is 10. The fourth-order valence-corrected chi connectivity index (χ4v) is 4.40. The zero-order valence-electron chi connectivity index (χ0n) is 20.9. The Labute approximate surface area is 227 Å². The third kappa shape index (κ3) is 6.07. The Morgan fingerprint density at radius 2 is 1.50 bits per heavy atom. The summed E-state index contributed by atoms with van der Waals surface area (Å²) in [4.78, 5) is 49.4. The van der Waals surface area contributed by atoms with Crippen LogP contribution in [0.3, 0.4) is 0 Å². The van der Waals surface area contributed by atoms with Gasteiger partial charge >= 0.3 is 11.9 Å². The van der Waals surface area contributed by atoms with E-state index < -0.39 is 70.8 Å². The summed E-state index contributed by atoms with van der Waals surface area (Å²) in [6.45, 7) is -0.815. The molecule has 0 bridgehead atoms. The van der Waals surface area contributed by atoms with Gasteiger partial charge in [-0.05, 0) is 67.8 Å². The summed E-state index contributed by atoms with van der Waals surface area (Å²) in [7, 11) is 0. The summed E-state index contributed by atoms with van der Waals surface area (Å²) in [6, 6.07) is 10.6. The second-order valence-corrected chi connectivity index (χ2v) is 9.05. The van der Waals surface area contributed by atoms with Gasteiger partial charge in [0.05, 0.1) is 11.6 Å². The van der Waals surface area contributed by atoms with E-state index in [4.69, 9.17) is 14.6 Å².